The van der Waals surface area contributed by atoms with Crippen molar-refractivity contribution in [2.45, 2.75) is 26.3 Å². The molecule has 0 aliphatic rings. The molecule has 0 spiro atoms. The maximum absolute atomic E-state index is 10.9. The van der Waals surface area contributed by atoms with Crippen LogP contribution in [0, 0.1) is 6.92 Å². The van der Waals surface area contributed by atoms with Gasteiger partial charge in [0.2, 0.25) is 0 Å². The predicted molar refractivity (Wildman–Crippen MR) is 67.6 cm³/mol. The summed E-state index contributed by atoms with van der Waals surface area (Å²) in [6, 6.07) is 0.185. The van der Waals surface area contributed by atoms with E-state index in [2.05, 4.69) is 10.3 Å². The monoisotopic (exact) mass is 262 g/mol. The molecular formula is C10H18N2O2S2. The summed E-state index contributed by atoms with van der Waals surface area (Å²) in [4.78, 5) is 4.38. The normalized spacial score (nSPS) is 13.9. The van der Waals surface area contributed by atoms with Crippen molar-refractivity contribution in [2.75, 3.05) is 18.6 Å². The molecule has 0 saturated heterocycles. The highest BCUT2D eigenvalue weighted by Crippen LogP contribution is 2.15. The van der Waals surface area contributed by atoms with Gasteiger partial charge in [0, 0.05) is 17.7 Å². The van der Waals surface area contributed by atoms with Crippen LogP contribution in [0.25, 0.3) is 0 Å². The van der Waals surface area contributed by atoms with E-state index in [-0.39, 0.29) is 11.8 Å². The smallest absolute Gasteiger partial charge is 0.147 e. The van der Waals surface area contributed by atoms with Crippen LogP contribution in [0.5, 0.6) is 0 Å². The number of thiazole rings is 1. The molecule has 0 fully saturated rings. The molecule has 92 valence electrons. The molecule has 0 aliphatic heterocycles. The van der Waals surface area contributed by atoms with Gasteiger partial charge in [-0.3, -0.25) is 0 Å². The first-order valence-corrected chi connectivity index (χ1v) is 8.15. The molecule has 0 bridgehead atoms. The number of hydrogen-bond donors (Lipinski definition) is 1. The van der Waals surface area contributed by atoms with Crippen molar-refractivity contribution >= 4 is 21.2 Å². The third kappa shape index (κ3) is 5.05. The van der Waals surface area contributed by atoms with Crippen molar-refractivity contribution in [1.82, 2.24) is 10.3 Å². The molecule has 0 radical (unpaired) electrons. The van der Waals surface area contributed by atoms with Crippen LogP contribution in [-0.4, -0.2) is 32.0 Å². The van der Waals surface area contributed by atoms with Gasteiger partial charge in [0.05, 0.1) is 16.5 Å². The van der Waals surface area contributed by atoms with Crippen LogP contribution in [0.2, 0.25) is 0 Å². The molecule has 0 saturated carbocycles. The summed E-state index contributed by atoms with van der Waals surface area (Å²) < 4.78 is 21.8. The molecular weight excluding hydrogens is 244 g/mol. The Morgan fingerprint density at radius 3 is 2.75 bits per heavy atom. The van der Waals surface area contributed by atoms with Crippen LogP contribution in [0.4, 0.5) is 0 Å². The van der Waals surface area contributed by atoms with Crippen molar-refractivity contribution in [2.24, 2.45) is 0 Å². The van der Waals surface area contributed by atoms with E-state index in [1.54, 1.807) is 11.3 Å². The lowest BCUT2D eigenvalue weighted by molar-refractivity contribution is 0.554. The SMILES string of the molecule is Cc1nc(C(C)NCCCS(C)(=O)=O)cs1. The number of nitrogens with zero attached hydrogens (tertiary/aromatic N) is 1. The molecule has 16 heavy (non-hydrogen) atoms. The van der Waals surface area contributed by atoms with Gasteiger partial charge < -0.3 is 5.32 Å². The van der Waals surface area contributed by atoms with Crippen LogP contribution < -0.4 is 5.32 Å². The molecule has 0 aliphatic carbocycles. The fourth-order valence-electron chi connectivity index (χ4n) is 1.34. The molecule has 1 aromatic heterocycles. The fourth-order valence-corrected chi connectivity index (χ4v) is 2.71. The summed E-state index contributed by atoms with van der Waals surface area (Å²) in [5.41, 5.74) is 1.03. The molecule has 4 nitrogen and oxygen atoms in total. The van der Waals surface area contributed by atoms with Crippen molar-refractivity contribution < 1.29 is 8.42 Å². The number of nitrogens with one attached hydrogen (secondary N) is 1. The summed E-state index contributed by atoms with van der Waals surface area (Å²) in [6.45, 7) is 4.71. The van der Waals surface area contributed by atoms with Crippen LogP contribution in [0.3, 0.4) is 0 Å². The Hall–Kier alpha value is -0.460. The first-order valence-electron chi connectivity index (χ1n) is 5.21. The highest BCUT2D eigenvalue weighted by Gasteiger charge is 2.08. The topological polar surface area (TPSA) is 59.1 Å². The van der Waals surface area contributed by atoms with Crippen molar-refractivity contribution in [3.8, 4) is 0 Å². The molecule has 1 aromatic rings. The number of sulfone groups is 1. The van der Waals surface area contributed by atoms with Crippen molar-refractivity contribution in [1.29, 1.82) is 0 Å². The second kappa shape index (κ2) is 5.75. The highest BCUT2D eigenvalue weighted by molar-refractivity contribution is 7.90. The van der Waals surface area contributed by atoms with Crippen LogP contribution in [0.1, 0.15) is 30.1 Å². The Kier molecular flexibility index (Phi) is 4.89. The summed E-state index contributed by atoms with van der Waals surface area (Å²) in [5, 5.41) is 6.35. The Balaban J connectivity index is 2.28. The fraction of sp³-hybridized carbons (Fsp3) is 0.700. The van der Waals surface area contributed by atoms with E-state index in [4.69, 9.17) is 0 Å². The summed E-state index contributed by atoms with van der Waals surface area (Å²) in [6.07, 6.45) is 1.91. The third-order valence-electron chi connectivity index (χ3n) is 2.22. The zero-order chi connectivity index (χ0) is 12.2. The molecule has 0 aromatic carbocycles. The number of aromatic nitrogens is 1. The van der Waals surface area contributed by atoms with Gasteiger partial charge in [0.15, 0.2) is 0 Å². The average Bonchev–Trinajstić information content (AvgIpc) is 2.57. The predicted octanol–water partition coefficient (Wildman–Crippen LogP) is 1.54. The Morgan fingerprint density at radius 2 is 2.25 bits per heavy atom. The molecule has 1 N–H and O–H groups in total. The number of aryl methyl sites for hydroxylation is 1. The van der Waals surface area contributed by atoms with Gasteiger partial charge >= 0.3 is 0 Å². The van der Waals surface area contributed by atoms with E-state index in [0.29, 0.717) is 13.0 Å². The molecule has 6 heteroatoms. The summed E-state index contributed by atoms with van der Waals surface area (Å²) in [5.74, 6) is 0.239. The minimum absolute atomic E-state index is 0.185. The minimum atomic E-state index is -2.84. The van der Waals surface area contributed by atoms with Gasteiger partial charge in [-0.2, -0.15) is 0 Å². The van der Waals surface area contributed by atoms with Gasteiger partial charge in [-0.1, -0.05) is 0 Å². The lowest BCUT2D eigenvalue weighted by Crippen LogP contribution is -2.22. The van der Waals surface area contributed by atoms with E-state index in [9.17, 15) is 8.42 Å². The first kappa shape index (κ1) is 13.6. The molecule has 1 rings (SSSR count). The van der Waals surface area contributed by atoms with E-state index in [1.807, 2.05) is 19.2 Å². The zero-order valence-electron chi connectivity index (χ0n) is 9.86. The van der Waals surface area contributed by atoms with E-state index < -0.39 is 9.84 Å². The standard InChI is InChI=1S/C10H18N2O2S2/c1-8(10-7-15-9(2)12-10)11-5-4-6-16(3,13)14/h7-8,11H,4-6H2,1-3H3. The molecule has 0 amide bonds. The van der Waals surface area contributed by atoms with Gasteiger partial charge in [0.1, 0.15) is 9.84 Å². The lowest BCUT2D eigenvalue weighted by Gasteiger charge is -2.10. The van der Waals surface area contributed by atoms with Gasteiger partial charge in [-0.05, 0) is 26.8 Å². The van der Waals surface area contributed by atoms with Crippen molar-refractivity contribution in [3.05, 3.63) is 16.1 Å². The molecule has 1 heterocycles. The second-order valence-electron chi connectivity index (χ2n) is 3.95. The first-order chi connectivity index (χ1) is 7.38. The number of rotatable bonds is 6. The Labute approximate surface area is 101 Å². The zero-order valence-corrected chi connectivity index (χ0v) is 11.5. The van der Waals surface area contributed by atoms with Crippen LogP contribution in [0.15, 0.2) is 5.38 Å². The van der Waals surface area contributed by atoms with E-state index in [0.717, 1.165) is 10.7 Å². The van der Waals surface area contributed by atoms with Gasteiger partial charge in [0.25, 0.3) is 0 Å². The van der Waals surface area contributed by atoms with Crippen molar-refractivity contribution in [3.63, 3.8) is 0 Å². The third-order valence-corrected chi connectivity index (χ3v) is 4.04. The van der Waals surface area contributed by atoms with E-state index in [1.165, 1.54) is 6.26 Å². The summed E-state index contributed by atoms with van der Waals surface area (Å²) >= 11 is 1.63. The molecule has 1 atom stereocenters. The largest absolute Gasteiger partial charge is 0.309 e. The lowest BCUT2D eigenvalue weighted by atomic mass is 10.2. The average molecular weight is 262 g/mol. The summed E-state index contributed by atoms with van der Waals surface area (Å²) in [7, 11) is -2.84. The maximum atomic E-state index is 10.9. The van der Waals surface area contributed by atoms with Gasteiger partial charge in [-0.15, -0.1) is 11.3 Å². The Morgan fingerprint density at radius 1 is 1.56 bits per heavy atom. The maximum Gasteiger partial charge on any atom is 0.147 e. The molecule has 1 unspecified atom stereocenters. The number of hydrogen-bond acceptors (Lipinski definition) is 5. The Bertz CT molecular complexity index is 426. The minimum Gasteiger partial charge on any atom is -0.309 e. The quantitative estimate of drug-likeness (QED) is 0.790. The highest BCUT2D eigenvalue weighted by atomic mass is 32.2. The van der Waals surface area contributed by atoms with E-state index >= 15 is 0 Å². The van der Waals surface area contributed by atoms with Crippen LogP contribution >= 0.6 is 11.3 Å². The van der Waals surface area contributed by atoms with Gasteiger partial charge in [-0.25, -0.2) is 13.4 Å². The second-order valence-corrected chi connectivity index (χ2v) is 7.27. The van der Waals surface area contributed by atoms with Crippen LogP contribution in [-0.2, 0) is 9.84 Å².